The van der Waals surface area contributed by atoms with Gasteiger partial charge in [-0.05, 0) is 87.3 Å². The molecule has 2 fully saturated rings. The Morgan fingerprint density at radius 1 is 0.951 bits per heavy atom. The molecule has 41 heavy (non-hydrogen) atoms. The fraction of sp³-hybridized carbons (Fsp3) is 0.344. The normalized spacial score (nSPS) is 16.9. The molecule has 9 heteroatoms. The Hall–Kier alpha value is -4.37. The second-order valence-electron chi connectivity index (χ2n) is 11.1. The molecule has 0 saturated carbocycles. The zero-order valence-electron chi connectivity index (χ0n) is 23.3. The Balaban J connectivity index is 1.07. The average molecular weight is 550 g/mol. The number of benzene rings is 3. The van der Waals surface area contributed by atoms with Gasteiger partial charge >= 0.3 is 0 Å². The third kappa shape index (κ3) is 5.02. The number of aromatic nitrogens is 4. The molecule has 2 aliphatic heterocycles. The number of ether oxygens (including phenoxy) is 1. The van der Waals surface area contributed by atoms with Crippen LogP contribution in [-0.4, -0.2) is 70.3 Å². The van der Waals surface area contributed by atoms with Crippen LogP contribution < -0.4 is 15.0 Å². The number of H-pyrrole nitrogens is 2. The molecule has 0 unspecified atom stereocenters. The fourth-order valence-corrected chi connectivity index (χ4v) is 6.39. The summed E-state index contributed by atoms with van der Waals surface area (Å²) in [6, 6.07) is 20.1. The maximum absolute atomic E-state index is 12.8. The molecule has 0 aliphatic carbocycles. The predicted molar refractivity (Wildman–Crippen MR) is 163 cm³/mol. The minimum atomic E-state index is -0.231. The van der Waals surface area contributed by atoms with Crippen molar-refractivity contribution >= 4 is 39.2 Å². The van der Waals surface area contributed by atoms with Crippen LogP contribution in [0.25, 0.3) is 33.5 Å². The highest BCUT2D eigenvalue weighted by Crippen LogP contribution is 2.31. The van der Waals surface area contributed by atoms with Gasteiger partial charge in [0.25, 0.3) is 5.91 Å². The van der Waals surface area contributed by atoms with E-state index in [1.807, 2.05) is 30.3 Å². The van der Waals surface area contributed by atoms with Crippen LogP contribution in [0.15, 0.2) is 60.7 Å². The number of hydrogen-bond acceptors (Lipinski definition) is 6. The van der Waals surface area contributed by atoms with Gasteiger partial charge in [0.15, 0.2) is 5.82 Å². The Labute approximate surface area is 238 Å². The van der Waals surface area contributed by atoms with E-state index >= 15 is 0 Å². The van der Waals surface area contributed by atoms with E-state index in [-0.39, 0.29) is 5.91 Å². The van der Waals surface area contributed by atoms with Crippen molar-refractivity contribution in [1.82, 2.24) is 25.1 Å². The van der Waals surface area contributed by atoms with Crippen LogP contribution in [0.4, 0.5) is 11.4 Å². The van der Waals surface area contributed by atoms with E-state index in [9.17, 15) is 4.79 Å². The van der Waals surface area contributed by atoms with Crippen LogP contribution in [0.1, 0.15) is 42.5 Å². The largest absolute Gasteiger partial charge is 0.496 e. The Bertz CT molecular complexity index is 1690. The average Bonchev–Trinajstić information content (AvgIpc) is 3.65. The number of amides is 1. The lowest BCUT2D eigenvalue weighted by molar-refractivity contribution is 0.102. The molecule has 0 bridgehead atoms. The van der Waals surface area contributed by atoms with Crippen molar-refractivity contribution in [2.75, 3.05) is 43.5 Å². The van der Waals surface area contributed by atoms with Crippen LogP contribution >= 0.6 is 0 Å². The minimum absolute atomic E-state index is 0.231. The van der Waals surface area contributed by atoms with E-state index in [2.05, 4.69) is 48.5 Å². The molecule has 2 saturated heterocycles. The summed E-state index contributed by atoms with van der Waals surface area (Å²) < 4.78 is 5.33. The van der Waals surface area contributed by atoms with Crippen LogP contribution in [-0.2, 0) is 0 Å². The summed E-state index contributed by atoms with van der Waals surface area (Å²) in [4.78, 5) is 26.4. The van der Waals surface area contributed by atoms with Gasteiger partial charge in [0.05, 0.1) is 29.2 Å². The number of methoxy groups -OCH3 is 1. The van der Waals surface area contributed by atoms with E-state index in [1.165, 1.54) is 50.9 Å². The monoisotopic (exact) mass is 549 g/mol. The summed E-state index contributed by atoms with van der Waals surface area (Å²) in [5.74, 6) is 1.02. The first-order valence-electron chi connectivity index (χ1n) is 14.6. The zero-order chi connectivity index (χ0) is 27.8. The lowest BCUT2D eigenvalue weighted by atomic mass is 9.99. The SMILES string of the molecule is COc1ccccc1C(=O)Nc1ccc2c(-c3nc4ccc(N5CCC(N6CCCCC6)CC5)cc4[nH]3)n[nH]c2c1. The second-order valence-corrected chi connectivity index (χ2v) is 11.1. The second kappa shape index (κ2) is 10.9. The molecular formula is C32H35N7O2. The number of aromatic amines is 2. The number of carbonyl (C=O) groups excluding carboxylic acids is 1. The molecule has 1 amide bonds. The number of hydrogen-bond donors (Lipinski definition) is 3. The predicted octanol–water partition coefficient (Wildman–Crippen LogP) is 5.82. The van der Waals surface area contributed by atoms with Crippen molar-refractivity contribution in [1.29, 1.82) is 0 Å². The summed E-state index contributed by atoms with van der Waals surface area (Å²) in [6.45, 7) is 4.73. The first-order chi connectivity index (χ1) is 20.2. The molecule has 2 aromatic heterocycles. The highest BCUT2D eigenvalue weighted by atomic mass is 16.5. The molecule has 0 spiro atoms. The van der Waals surface area contributed by atoms with Gasteiger partial charge in [0, 0.05) is 35.9 Å². The number of piperidine rings is 2. The van der Waals surface area contributed by atoms with E-state index in [0.29, 0.717) is 17.0 Å². The summed E-state index contributed by atoms with van der Waals surface area (Å²) in [5.41, 5.74) is 5.89. The highest BCUT2D eigenvalue weighted by molar-refractivity contribution is 6.07. The van der Waals surface area contributed by atoms with Crippen LogP contribution in [0.3, 0.4) is 0 Å². The minimum Gasteiger partial charge on any atom is -0.496 e. The maximum atomic E-state index is 12.8. The van der Waals surface area contributed by atoms with Crippen LogP contribution in [0.5, 0.6) is 5.75 Å². The van der Waals surface area contributed by atoms with Crippen molar-refractivity contribution < 1.29 is 9.53 Å². The summed E-state index contributed by atoms with van der Waals surface area (Å²) in [5, 5.41) is 11.6. The molecule has 4 heterocycles. The first kappa shape index (κ1) is 25.6. The van der Waals surface area contributed by atoms with E-state index in [1.54, 1.807) is 19.2 Å². The molecule has 210 valence electrons. The van der Waals surface area contributed by atoms with Gasteiger partial charge in [-0.3, -0.25) is 9.89 Å². The lowest BCUT2D eigenvalue weighted by Gasteiger charge is -2.41. The quantitative estimate of drug-likeness (QED) is 0.247. The Morgan fingerprint density at radius 3 is 2.61 bits per heavy atom. The van der Waals surface area contributed by atoms with Crippen molar-refractivity contribution in [3.05, 3.63) is 66.2 Å². The van der Waals surface area contributed by atoms with Crippen LogP contribution in [0.2, 0.25) is 0 Å². The molecule has 5 aromatic rings. The first-order valence-corrected chi connectivity index (χ1v) is 14.6. The van der Waals surface area contributed by atoms with Gasteiger partial charge in [0.1, 0.15) is 11.4 Å². The lowest BCUT2D eigenvalue weighted by Crippen LogP contribution is -2.46. The Kier molecular flexibility index (Phi) is 6.80. The molecular weight excluding hydrogens is 514 g/mol. The maximum Gasteiger partial charge on any atom is 0.259 e. The van der Waals surface area contributed by atoms with Crippen molar-refractivity contribution in [3.63, 3.8) is 0 Å². The molecule has 3 aromatic carbocycles. The number of likely N-dealkylation sites (tertiary alicyclic amines) is 1. The smallest absolute Gasteiger partial charge is 0.259 e. The van der Waals surface area contributed by atoms with Crippen LogP contribution in [0, 0.1) is 0 Å². The number of para-hydroxylation sites is 1. The van der Waals surface area contributed by atoms with E-state index < -0.39 is 0 Å². The Morgan fingerprint density at radius 2 is 1.78 bits per heavy atom. The molecule has 2 aliphatic rings. The third-order valence-electron chi connectivity index (χ3n) is 8.60. The van der Waals surface area contributed by atoms with Gasteiger partial charge < -0.3 is 24.8 Å². The number of nitrogens with one attached hydrogen (secondary N) is 3. The van der Waals surface area contributed by atoms with Gasteiger partial charge in [-0.1, -0.05) is 18.6 Å². The van der Waals surface area contributed by atoms with E-state index in [0.717, 1.165) is 52.6 Å². The zero-order valence-corrected chi connectivity index (χ0v) is 23.3. The van der Waals surface area contributed by atoms with Crippen molar-refractivity contribution in [2.24, 2.45) is 0 Å². The topological polar surface area (TPSA) is 102 Å². The van der Waals surface area contributed by atoms with Crippen molar-refractivity contribution in [2.45, 2.75) is 38.1 Å². The van der Waals surface area contributed by atoms with Gasteiger partial charge in [-0.25, -0.2) is 4.98 Å². The molecule has 0 radical (unpaired) electrons. The molecule has 9 nitrogen and oxygen atoms in total. The number of carbonyl (C=O) groups is 1. The number of rotatable bonds is 6. The number of imidazole rings is 1. The summed E-state index contributed by atoms with van der Waals surface area (Å²) in [7, 11) is 1.56. The van der Waals surface area contributed by atoms with Gasteiger partial charge in [-0.2, -0.15) is 5.10 Å². The molecule has 0 atom stereocenters. The molecule has 3 N–H and O–H groups in total. The number of nitrogens with zero attached hydrogens (tertiary/aromatic N) is 4. The standard InChI is InChI=1S/C32H35N7O2/c1-41-29-8-4-3-7-25(29)32(40)33-21-9-11-24-27(19-21)36-37-30(24)31-34-26-12-10-23(20-28(26)35-31)39-17-13-22(14-18-39)38-15-5-2-6-16-38/h3-4,7-12,19-20,22H,2,5-6,13-18H2,1H3,(H,33,40)(H,34,35)(H,36,37). The highest BCUT2D eigenvalue weighted by Gasteiger charge is 2.26. The van der Waals surface area contributed by atoms with Gasteiger partial charge in [0.2, 0.25) is 0 Å². The number of fused-ring (bicyclic) bond motifs is 2. The van der Waals surface area contributed by atoms with Gasteiger partial charge in [-0.15, -0.1) is 0 Å². The summed E-state index contributed by atoms with van der Waals surface area (Å²) in [6.07, 6.45) is 6.55. The van der Waals surface area contributed by atoms with E-state index in [4.69, 9.17) is 9.72 Å². The summed E-state index contributed by atoms with van der Waals surface area (Å²) >= 11 is 0. The molecule has 7 rings (SSSR count). The fourth-order valence-electron chi connectivity index (χ4n) is 6.39. The third-order valence-corrected chi connectivity index (χ3v) is 8.60. The number of anilines is 2. The van der Waals surface area contributed by atoms with Crippen molar-refractivity contribution in [3.8, 4) is 17.3 Å².